The first-order chi connectivity index (χ1) is 10.2. The number of hydrogen-bond donors (Lipinski definition) is 2. The molecule has 1 aromatic carbocycles. The fourth-order valence-corrected chi connectivity index (χ4v) is 3.44. The Balaban J connectivity index is 2.19. The maximum absolute atomic E-state index is 11.4. The number of piperidine rings is 1. The first-order valence-corrected chi connectivity index (χ1v) is 7.95. The Morgan fingerprint density at radius 2 is 2.05 bits per heavy atom. The summed E-state index contributed by atoms with van der Waals surface area (Å²) in [6.07, 6.45) is 0.626. The second-order valence-corrected chi connectivity index (χ2v) is 7.36. The number of aliphatic carboxylic acids is 1. The van der Waals surface area contributed by atoms with E-state index < -0.39 is 18.1 Å². The Morgan fingerprint density at radius 1 is 1.36 bits per heavy atom. The molecule has 0 aliphatic carbocycles. The summed E-state index contributed by atoms with van der Waals surface area (Å²) in [6, 6.07) is 5.56. The minimum absolute atomic E-state index is 0.105. The summed E-state index contributed by atoms with van der Waals surface area (Å²) in [5.41, 5.74) is 3.75. The van der Waals surface area contributed by atoms with Gasteiger partial charge in [-0.15, -0.1) is 0 Å². The van der Waals surface area contributed by atoms with E-state index >= 15 is 0 Å². The average Bonchev–Trinajstić information content (AvgIpc) is 2.36. The minimum atomic E-state index is -0.935. The normalized spacial score (nSPS) is 23.5. The third kappa shape index (κ3) is 3.68. The Morgan fingerprint density at radius 3 is 2.59 bits per heavy atom. The molecule has 0 amide bonds. The molecule has 1 aliphatic rings. The highest BCUT2D eigenvalue weighted by Crippen LogP contribution is 2.27. The first kappa shape index (κ1) is 17.0. The second-order valence-electron chi connectivity index (χ2n) is 7.36. The van der Waals surface area contributed by atoms with Gasteiger partial charge in [-0.25, -0.2) is 0 Å². The minimum Gasteiger partial charge on any atom is -0.480 e. The molecule has 0 radical (unpaired) electrons. The molecule has 1 aliphatic heterocycles. The SMILES string of the molecule is Cc1cc(CN2CCCC(O)C2C(=O)O)ccc1C(C)(C)C. The summed E-state index contributed by atoms with van der Waals surface area (Å²) < 4.78 is 0. The van der Waals surface area contributed by atoms with Gasteiger partial charge < -0.3 is 10.2 Å². The molecule has 4 nitrogen and oxygen atoms in total. The van der Waals surface area contributed by atoms with Gasteiger partial charge in [-0.1, -0.05) is 39.0 Å². The number of rotatable bonds is 3. The van der Waals surface area contributed by atoms with E-state index in [4.69, 9.17) is 0 Å². The Hall–Kier alpha value is -1.39. The van der Waals surface area contributed by atoms with Crippen LogP contribution in [-0.2, 0) is 16.8 Å². The highest BCUT2D eigenvalue weighted by molar-refractivity contribution is 5.74. The molecule has 2 unspecified atom stereocenters. The van der Waals surface area contributed by atoms with Crippen LogP contribution in [-0.4, -0.2) is 39.8 Å². The zero-order chi connectivity index (χ0) is 16.5. The molecule has 2 atom stereocenters. The first-order valence-electron chi connectivity index (χ1n) is 7.95. The summed E-state index contributed by atoms with van der Waals surface area (Å²) in [6.45, 7) is 9.96. The van der Waals surface area contributed by atoms with Crippen molar-refractivity contribution in [1.82, 2.24) is 4.90 Å². The molecule has 122 valence electrons. The highest BCUT2D eigenvalue weighted by Gasteiger charge is 2.35. The number of carboxylic acids is 1. The van der Waals surface area contributed by atoms with Gasteiger partial charge in [0.1, 0.15) is 6.04 Å². The molecule has 1 aromatic rings. The lowest BCUT2D eigenvalue weighted by molar-refractivity contribution is -0.150. The van der Waals surface area contributed by atoms with Crippen LogP contribution in [0.25, 0.3) is 0 Å². The van der Waals surface area contributed by atoms with E-state index in [9.17, 15) is 15.0 Å². The number of likely N-dealkylation sites (tertiary alicyclic amines) is 1. The van der Waals surface area contributed by atoms with Crippen LogP contribution >= 0.6 is 0 Å². The van der Waals surface area contributed by atoms with Crippen LogP contribution < -0.4 is 0 Å². The maximum atomic E-state index is 11.4. The Bertz CT molecular complexity index is 548. The molecule has 2 N–H and O–H groups in total. The molecule has 0 bridgehead atoms. The van der Waals surface area contributed by atoms with Crippen LogP contribution in [0.3, 0.4) is 0 Å². The average molecular weight is 305 g/mol. The molecule has 1 saturated heterocycles. The molecule has 2 rings (SSSR count). The van der Waals surface area contributed by atoms with Crippen molar-refractivity contribution in [2.24, 2.45) is 0 Å². The summed E-state index contributed by atoms with van der Waals surface area (Å²) in [7, 11) is 0. The zero-order valence-electron chi connectivity index (χ0n) is 14.0. The van der Waals surface area contributed by atoms with Crippen molar-refractivity contribution < 1.29 is 15.0 Å². The van der Waals surface area contributed by atoms with Gasteiger partial charge in [0.05, 0.1) is 6.10 Å². The topological polar surface area (TPSA) is 60.8 Å². The summed E-state index contributed by atoms with van der Waals surface area (Å²) in [5.74, 6) is -0.935. The van der Waals surface area contributed by atoms with E-state index in [0.717, 1.165) is 12.0 Å². The smallest absolute Gasteiger partial charge is 0.323 e. The standard InChI is InChI=1S/C18H27NO3/c1-12-10-13(7-8-14(12)18(2,3)4)11-19-9-5-6-15(20)16(19)17(21)22/h7-8,10,15-16,20H,5-6,9,11H2,1-4H3,(H,21,22). The highest BCUT2D eigenvalue weighted by atomic mass is 16.4. The summed E-state index contributed by atoms with van der Waals surface area (Å²) in [4.78, 5) is 13.3. The lowest BCUT2D eigenvalue weighted by Gasteiger charge is -2.36. The van der Waals surface area contributed by atoms with Gasteiger partial charge in [-0.2, -0.15) is 0 Å². The maximum Gasteiger partial charge on any atom is 0.323 e. The van der Waals surface area contributed by atoms with Crippen molar-refractivity contribution in [2.45, 2.75) is 64.6 Å². The van der Waals surface area contributed by atoms with Gasteiger partial charge in [-0.3, -0.25) is 9.69 Å². The number of aryl methyl sites for hydroxylation is 1. The van der Waals surface area contributed by atoms with Gasteiger partial charge >= 0.3 is 5.97 Å². The third-order valence-corrected chi connectivity index (χ3v) is 4.44. The van der Waals surface area contributed by atoms with Crippen molar-refractivity contribution in [3.63, 3.8) is 0 Å². The zero-order valence-corrected chi connectivity index (χ0v) is 14.0. The number of hydrogen-bond acceptors (Lipinski definition) is 3. The van der Waals surface area contributed by atoms with Crippen LogP contribution in [0.4, 0.5) is 0 Å². The van der Waals surface area contributed by atoms with Crippen molar-refractivity contribution in [2.75, 3.05) is 6.54 Å². The van der Waals surface area contributed by atoms with Crippen molar-refractivity contribution in [1.29, 1.82) is 0 Å². The molecule has 1 heterocycles. The molecular weight excluding hydrogens is 278 g/mol. The number of carbonyl (C=O) groups is 1. The van der Waals surface area contributed by atoms with Crippen molar-refractivity contribution >= 4 is 5.97 Å². The number of benzene rings is 1. The fourth-order valence-electron chi connectivity index (χ4n) is 3.44. The van der Waals surface area contributed by atoms with Crippen molar-refractivity contribution in [3.05, 3.63) is 34.9 Å². The summed E-state index contributed by atoms with van der Waals surface area (Å²) >= 11 is 0. The van der Waals surface area contributed by atoms with Crippen LogP contribution in [0.1, 0.15) is 50.3 Å². The molecule has 0 spiro atoms. The number of aliphatic hydroxyl groups excluding tert-OH is 1. The number of aliphatic hydroxyl groups is 1. The summed E-state index contributed by atoms with van der Waals surface area (Å²) in [5, 5.41) is 19.3. The van der Waals surface area contributed by atoms with Crippen LogP contribution in [0.5, 0.6) is 0 Å². The molecular formula is C18H27NO3. The monoisotopic (exact) mass is 305 g/mol. The largest absolute Gasteiger partial charge is 0.480 e. The molecule has 4 heteroatoms. The van der Waals surface area contributed by atoms with Gasteiger partial charge in [0.25, 0.3) is 0 Å². The van der Waals surface area contributed by atoms with Gasteiger partial charge in [0.15, 0.2) is 0 Å². The van der Waals surface area contributed by atoms with Crippen LogP contribution in [0, 0.1) is 6.92 Å². The molecule has 0 saturated carbocycles. The van der Waals surface area contributed by atoms with E-state index in [1.807, 2.05) is 4.90 Å². The number of nitrogens with zero attached hydrogens (tertiary/aromatic N) is 1. The molecule has 1 fully saturated rings. The van der Waals surface area contributed by atoms with Gasteiger partial charge in [0.2, 0.25) is 0 Å². The Kier molecular flexibility index (Phi) is 4.93. The quantitative estimate of drug-likeness (QED) is 0.901. The molecule has 0 aromatic heterocycles. The van der Waals surface area contributed by atoms with E-state index in [1.165, 1.54) is 11.1 Å². The predicted molar refractivity (Wildman–Crippen MR) is 87.0 cm³/mol. The number of carboxylic acid groups (broad SMARTS) is 1. The fraction of sp³-hybridized carbons (Fsp3) is 0.611. The predicted octanol–water partition coefficient (Wildman–Crippen LogP) is 2.70. The van der Waals surface area contributed by atoms with E-state index in [2.05, 4.69) is 45.9 Å². The van der Waals surface area contributed by atoms with Crippen LogP contribution in [0.2, 0.25) is 0 Å². The third-order valence-electron chi connectivity index (χ3n) is 4.44. The molecule has 22 heavy (non-hydrogen) atoms. The Labute approximate surface area is 132 Å². The second kappa shape index (κ2) is 6.39. The van der Waals surface area contributed by atoms with Crippen molar-refractivity contribution in [3.8, 4) is 0 Å². The van der Waals surface area contributed by atoms with E-state index in [-0.39, 0.29) is 5.41 Å². The van der Waals surface area contributed by atoms with Crippen LogP contribution in [0.15, 0.2) is 18.2 Å². The van der Waals surface area contributed by atoms with E-state index in [0.29, 0.717) is 19.5 Å². The van der Waals surface area contributed by atoms with Gasteiger partial charge in [0, 0.05) is 6.54 Å². The van der Waals surface area contributed by atoms with E-state index in [1.54, 1.807) is 0 Å². The lowest BCUT2D eigenvalue weighted by Crippen LogP contribution is -2.52. The van der Waals surface area contributed by atoms with Gasteiger partial charge in [-0.05, 0) is 48.4 Å². The lowest BCUT2D eigenvalue weighted by atomic mass is 9.83.